The van der Waals surface area contributed by atoms with E-state index in [1.165, 1.54) is 0 Å². The molecule has 0 aromatic heterocycles. The Morgan fingerprint density at radius 3 is 2.00 bits per heavy atom. The van der Waals surface area contributed by atoms with Crippen LogP contribution >= 0.6 is 0 Å². The van der Waals surface area contributed by atoms with Gasteiger partial charge in [0.1, 0.15) is 0 Å². The highest BCUT2D eigenvalue weighted by Gasteiger charge is 2.66. The van der Waals surface area contributed by atoms with Crippen LogP contribution in [0.1, 0.15) is 26.7 Å². The Kier molecular flexibility index (Phi) is 4.55. The highest BCUT2D eigenvalue weighted by molar-refractivity contribution is 5.91. The summed E-state index contributed by atoms with van der Waals surface area (Å²) in [6, 6.07) is 0. The summed E-state index contributed by atoms with van der Waals surface area (Å²) in [5, 5.41) is 9.23. The van der Waals surface area contributed by atoms with Crippen LogP contribution in [0.5, 0.6) is 0 Å². The van der Waals surface area contributed by atoms with Gasteiger partial charge in [-0.15, -0.1) is 0 Å². The summed E-state index contributed by atoms with van der Waals surface area (Å²) in [4.78, 5) is 41.8. The van der Waals surface area contributed by atoms with Crippen LogP contribution in [0, 0.1) is 17.3 Å². The normalized spacial score (nSPS) is 29.6. The minimum absolute atomic E-state index is 0.0436. The number of likely N-dealkylation sites (tertiary alicyclic amines) is 1. The van der Waals surface area contributed by atoms with Crippen LogP contribution < -0.4 is 0 Å². The number of amides is 2. The van der Waals surface area contributed by atoms with E-state index in [-0.39, 0.29) is 11.8 Å². The quantitative estimate of drug-likeness (QED) is 0.787. The molecule has 1 aliphatic carbocycles. The summed E-state index contributed by atoms with van der Waals surface area (Å²) in [5.74, 6) is -1.72. The molecule has 0 radical (unpaired) electrons. The number of carboxylic acids is 1. The number of piperazine rings is 1. The monoisotopic (exact) mass is 337 g/mol. The Labute approximate surface area is 142 Å². The number of carboxylic acid groups (broad SMARTS) is 1. The molecule has 0 aromatic rings. The average Bonchev–Trinajstić information content (AvgIpc) is 2.91. The lowest BCUT2D eigenvalue weighted by atomic mass is 10.1. The van der Waals surface area contributed by atoms with Crippen LogP contribution in [0.15, 0.2) is 0 Å². The third kappa shape index (κ3) is 3.14. The van der Waals surface area contributed by atoms with Crippen LogP contribution in [0.4, 0.5) is 0 Å². The van der Waals surface area contributed by atoms with Crippen molar-refractivity contribution < 1.29 is 19.5 Å². The summed E-state index contributed by atoms with van der Waals surface area (Å²) in [5.41, 5.74) is -0.453. The van der Waals surface area contributed by atoms with Crippen molar-refractivity contribution in [3.63, 3.8) is 0 Å². The third-order valence-corrected chi connectivity index (χ3v) is 5.86. The first-order valence-electron chi connectivity index (χ1n) is 8.84. The van der Waals surface area contributed by atoms with Gasteiger partial charge in [0.15, 0.2) is 0 Å². The lowest BCUT2D eigenvalue weighted by molar-refractivity contribution is -0.143. The predicted molar refractivity (Wildman–Crippen MR) is 87.2 cm³/mol. The molecule has 0 aromatic carbocycles. The van der Waals surface area contributed by atoms with Crippen molar-refractivity contribution in [3.05, 3.63) is 0 Å². The van der Waals surface area contributed by atoms with E-state index in [0.29, 0.717) is 32.7 Å². The molecule has 7 heteroatoms. The Balaban J connectivity index is 1.48. The first-order valence-corrected chi connectivity index (χ1v) is 8.84. The first-order chi connectivity index (χ1) is 11.3. The van der Waals surface area contributed by atoms with Gasteiger partial charge >= 0.3 is 5.97 Å². The fourth-order valence-corrected chi connectivity index (χ4v) is 4.14. The van der Waals surface area contributed by atoms with Gasteiger partial charge in [-0.25, -0.2) is 0 Å². The van der Waals surface area contributed by atoms with E-state index in [2.05, 4.69) is 4.90 Å². The third-order valence-electron chi connectivity index (χ3n) is 5.86. The van der Waals surface area contributed by atoms with Crippen LogP contribution in [0.25, 0.3) is 0 Å². The fourth-order valence-electron chi connectivity index (χ4n) is 4.14. The van der Waals surface area contributed by atoms with Crippen molar-refractivity contribution in [2.75, 3.05) is 45.8 Å². The molecule has 0 spiro atoms. The summed E-state index contributed by atoms with van der Waals surface area (Å²) in [6.07, 6.45) is 2.19. The van der Waals surface area contributed by atoms with Gasteiger partial charge in [0, 0.05) is 39.3 Å². The molecule has 3 aliphatic rings. The highest BCUT2D eigenvalue weighted by Crippen LogP contribution is 2.59. The van der Waals surface area contributed by atoms with Crippen molar-refractivity contribution in [1.29, 1.82) is 0 Å². The molecular weight excluding hydrogens is 310 g/mol. The Morgan fingerprint density at radius 2 is 1.50 bits per heavy atom. The SMILES string of the molecule is CC1(C)[C@H](C(=O)O)[C@H]1C(=O)N1CCN(CC(=O)N2CCCC2)CC1. The van der Waals surface area contributed by atoms with E-state index < -0.39 is 23.2 Å². The van der Waals surface area contributed by atoms with Gasteiger partial charge < -0.3 is 14.9 Å². The second-order valence-corrected chi connectivity index (χ2v) is 7.80. The minimum Gasteiger partial charge on any atom is -0.481 e. The van der Waals surface area contributed by atoms with Gasteiger partial charge in [-0.2, -0.15) is 0 Å². The zero-order chi connectivity index (χ0) is 17.5. The van der Waals surface area contributed by atoms with Gasteiger partial charge in [-0.05, 0) is 18.3 Å². The molecule has 24 heavy (non-hydrogen) atoms. The van der Waals surface area contributed by atoms with Gasteiger partial charge in [-0.1, -0.05) is 13.8 Å². The molecular formula is C17H27N3O4. The molecule has 2 amide bonds. The van der Waals surface area contributed by atoms with E-state index in [1.807, 2.05) is 18.7 Å². The number of aliphatic carboxylic acids is 1. The molecule has 2 aliphatic heterocycles. The standard InChI is InChI=1S/C17H27N3O4/c1-17(2)13(14(17)16(23)24)15(22)20-9-7-18(8-10-20)11-12(21)19-5-3-4-6-19/h13-14H,3-11H2,1-2H3,(H,23,24)/t13-,14-/m0/s1. The van der Waals surface area contributed by atoms with Crippen LogP contribution in [-0.2, 0) is 14.4 Å². The average molecular weight is 337 g/mol. The van der Waals surface area contributed by atoms with Gasteiger partial charge in [0.25, 0.3) is 0 Å². The van der Waals surface area contributed by atoms with Crippen molar-refractivity contribution in [1.82, 2.24) is 14.7 Å². The summed E-state index contributed by atoms with van der Waals surface area (Å²) < 4.78 is 0. The maximum Gasteiger partial charge on any atom is 0.307 e. The minimum atomic E-state index is -0.881. The second-order valence-electron chi connectivity index (χ2n) is 7.80. The zero-order valence-electron chi connectivity index (χ0n) is 14.5. The Hall–Kier alpha value is -1.63. The van der Waals surface area contributed by atoms with Crippen molar-refractivity contribution in [2.24, 2.45) is 17.3 Å². The molecule has 2 heterocycles. The van der Waals surface area contributed by atoms with Crippen molar-refractivity contribution in [2.45, 2.75) is 26.7 Å². The maximum atomic E-state index is 12.6. The fraction of sp³-hybridized carbons (Fsp3) is 0.824. The molecule has 1 N–H and O–H groups in total. The highest BCUT2D eigenvalue weighted by atomic mass is 16.4. The number of carbonyl (C=O) groups is 3. The summed E-state index contributed by atoms with van der Waals surface area (Å²) in [6.45, 7) is 8.35. The van der Waals surface area contributed by atoms with Crippen LogP contribution in [0.3, 0.4) is 0 Å². The molecule has 0 bridgehead atoms. The van der Waals surface area contributed by atoms with E-state index in [9.17, 15) is 19.5 Å². The van der Waals surface area contributed by atoms with Gasteiger partial charge in [0.05, 0.1) is 18.4 Å². The lowest BCUT2D eigenvalue weighted by Gasteiger charge is -2.35. The van der Waals surface area contributed by atoms with Gasteiger partial charge in [0.2, 0.25) is 11.8 Å². The number of rotatable bonds is 4. The molecule has 3 fully saturated rings. The molecule has 2 saturated heterocycles. The largest absolute Gasteiger partial charge is 0.481 e. The number of hydrogen-bond donors (Lipinski definition) is 1. The van der Waals surface area contributed by atoms with Crippen LogP contribution in [0.2, 0.25) is 0 Å². The topological polar surface area (TPSA) is 81.2 Å². The molecule has 7 nitrogen and oxygen atoms in total. The molecule has 3 rings (SSSR count). The van der Waals surface area contributed by atoms with Crippen molar-refractivity contribution >= 4 is 17.8 Å². The molecule has 1 saturated carbocycles. The number of carbonyl (C=O) groups excluding carboxylic acids is 2. The first kappa shape index (κ1) is 17.2. The Bertz CT molecular complexity index is 534. The summed E-state index contributed by atoms with van der Waals surface area (Å²) >= 11 is 0. The predicted octanol–water partition coefficient (Wildman–Crippen LogP) is 0.110. The van der Waals surface area contributed by atoms with E-state index in [1.54, 1.807) is 4.90 Å². The van der Waals surface area contributed by atoms with Crippen molar-refractivity contribution in [3.8, 4) is 0 Å². The smallest absolute Gasteiger partial charge is 0.307 e. The van der Waals surface area contributed by atoms with Gasteiger partial charge in [-0.3, -0.25) is 19.3 Å². The van der Waals surface area contributed by atoms with E-state index >= 15 is 0 Å². The molecule has 134 valence electrons. The number of nitrogens with zero attached hydrogens (tertiary/aromatic N) is 3. The van der Waals surface area contributed by atoms with E-state index in [0.717, 1.165) is 25.9 Å². The Morgan fingerprint density at radius 1 is 0.917 bits per heavy atom. The zero-order valence-corrected chi connectivity index (χ0v) is 14.5. The van der Waals surface area contributed by atoms with Crippen LogP contribution in [-0.4, -0.2) is 83.4 Å². The van der Waals surface area contributed by atoms with E-state index in [4.69, 9.17) is 0 Å². The maximum absolute atomic E-state index is 12.6. The second kappa shape index (κ2) is 6.35. The number of hydrogen-bond acceptors (Lipinski definition) is 4. The molecule has 0 unspecified atom stereocenters. The molecule has 2 atom stereocenters. The lowest BCUT2D eigenvalue weighted by Crippen LogP contribution is -2.52. The summed E-state index contributed by atoms with van der Waals surface area (Å²) in [7, 11) is 0.